The van der Waals surface area contributed by atoms with Gasteiger partial charge in [-0.15, -0.1) is 0 Å². The van der Waals surface area contributed by atoms with Crippen molar-refractivity contribution >= 4 is 16.0 Å². The Balaban J connectivity index is 2.32. The van der Waals surface area contributed by atoms with Gasteiger partial charge < -0.3 is 5.11 Å². The smallest absolute Gasteiger partial charge is 0.322 e. The van der Waals surface area contributed by atoms with Gasteiger partial charge in [-0.3, -0.25) is 4.79 Å². The van der Waals surface area contributed by atoms with Crippen molar-refractivity contribution in [3.8, 4) is 0 Å². The van der Waals surface area contributed by atoms with Gasteiger partial charge in [0.2, 0.25) is 10.0 Å². The molecule has 16 heavy (non-hydrogen) atoms. The second-order valence-corrected chi connectivity index (χ2v) is 6.68. The molecule has 0 spiro atoms. The minimum Gasteiger partial charge on any atom is -0.480 e. The lowest BCUT2D eigenvalue weighted by Crippen LogP contribution is -2.45. The van der Waals surface area contributed by atoms with E-state index in [0.717, 1.165) is 31.9 Å². The van der Waals surface area contributed by atoms with E-state index in [1.165, 1.54) is 4.31 Å². The summed E-state index contributed by atoms with van der Waals surface area (Å²) in [5, 5.41) is 9.09. The summed E-state index contributed by atoms with van der Waals surface area (Å²) in [6.07, 6.45) is 5.44. The minimum atomic E-state index is -3.41. The van der Waals surface area contributed by atoms with Gasteiger partial charge >= 0.3 is 5.97 Å². The van der Waals surface area contributed by atoms with E-state index < -0.39 is 22.0 Å². The standard InChI is InChI=1S/C10H17NO4S/c1-16(14,15)11-8-5-3-2-4-7(8)6-9(11)10(12)13/h7-9H,2-6H2,1H3,(H,12,13)/t7-,8-,9+/m1/s1. The molecule has 2 aliphatic rings. The number of fused-ring (bicyclic) bond motifs is 1. The summed E-state index contributed by atoms with van der Waals surface area (Å²) in [6, 6.07) is -0.923. The number of carboxylic acids is 1. The molecular formula is C10H17NO4S. The third kappa shape index (κ3) is 1.96. The zero-order valence-corrected chi connectivity index (χ0v) is 10.1. The summed E-state index contributed by atoms with van der Waals surface area (Å²) in [6.45, 7) is 0. The van der Waals surface area contributed by atoms with Crippen LogP contribution in [0.15, 0.2) is 0 Å². The summed E-state index contributed by atoms with van der Waals surface area (Å²) in [5.74, 6) is -0.774. The normalized spacial score (nSPS) is 35.9. The van der Waals surface area contributed by atoms with Crippen LogP contribution in [0.1, 0.15) is 32.1 Å². The third-order valence-electron chi connectivity index (χ3n) is 3.70. The maximum atomic E-state index is 11.7. The number of sulfonamides is 1. The van der Waals surface area contributed by atoms with Gasteiger partial charge in [0, 0.05) is 6.04 Å². The monoisotopic (exact) mass is 247 g/mol. The summed E-state index contributed by atoms with van der Waals surface area (Å²) >= 11 is 0. The Kier molecular flexibility index (Phi) is 2.96. The maximum Gasteiger partial charge on any atom is 0.322 e. The molecule has 1 saturated carbocycles. The van der Waals surface area contributed by atoms with Gasteiger partial charge in [-0.2, -0.15) is 4.31 Å². The second kappa shape index (κ2) is 4.00. The number of hydrogen-bond donors (Lipinski definition) is 1. The Morgan fingerprint density at radius 1 is 1.31 bits per heavy atom. The van der Waals surface area contributed by atoms with Gasteiger partial charge in [-0.25, -0.2) is 8.42 Å². The van der Waals surface area contributed by atoms with Crippen LogP contribution in [0.2, 0.25) is 0 Å². The average molecular weight is 247 g/mol. The van der Waals surface area contributed by atoms with E-state index in [1.54, 1.807) is 0 Å². The molecule has 1 saturated heterocycles. The lowest BCUT2D eigenvalue weighted by atomic mass is 9.85. The molecule has 6 heteroatoms. The summed E-state index contributed by atoms with van der Waals surface area (Å²) < 4.78 is 24.6. The van der Waals surface area contributed by atoms with Crippen LogP contribution in [0.25, 0.3) is 0 Å². The van der Waals surface area contributed by atoms with Gasteiger partial charge in [-0.1, -0.05) is 12.8 Å². The molecule has 1 heterocycles. The Labute approximate surface area is 95.5 Å². The van der Waals surface area contributed by atoms with Gasteiger partial charge in [0.25, 0.3) is 0 Å². The van der Waals surface area contributed by atoms with Gasteiger partial charge in [0.1, 0.15) is 6.04 Å². The van der Waals surface area contributed by atoms with Crippen LogP contribution < -0.4 is 0 Å². The van der Waals surface area contributed by atoms with E-state index in [2.05, 4.69) is 0 Å². The average Bonchev–Trinajstić information content (AvgIpc) is 2.55. The van der Waals surface area contributed by atoms with Gasteiger partial charge in [-0.05, 0) is 25.2 Å². The molecule has 1 N–H and O–H groups in total. The number of carbonyl (C=O) groups is 1. The maximum absolute atomic E-state index is 11.7. The number of carboxylic acid groups (broad SMARTS) is 1. The van der Waals surface area contributed by atoms with Gasteiger partial charge in [0.05, 0.1) is 6.26 Å². The number of rotatable bonds is 2. The molecular weight excluding hydrogens is 230 g/mol. The molecule has 0 unspecified atom stereocenters. The van der Waals surface area contributed by atoms with Crippen LogP contribution in [0.5, 0.6) is 0 Å². The van der Waals surface area contributed by atoms with Crippen LogP contribution >= 0.6 is 0 Å². The van der Waals surface area contributed by atoms with Gasteiger partial charge in [0.15, 0.2) is 0 Å². The molecule has 1 aliphatic carbocycles. The molecule has 2 rings (SSSR count). The first-order valence-corrected chi connectivity index (χ1v) is 7.47. The minimum absolute atomic E-state index is 0.0788. The molecule has 1 aliphatic heterocycles. The molecule has 0 bridgehead atoms. The van der Waals surface area contributed by atoms with E-state index in [1.807, 2.05) is 0 Å². The molecule has 0 aromatic heterocycles. The highest BCUT2D eigenvalue weighted by Gasteiger charge is 2.49. The molecule has 0 amide bonds. The van der Waals surface area contributed by atoms with Crippen molar-refractivity contribution < 1.29 is 18.3 Å². The van der Waals surface area contributed by atoms with E-state index in [0.29, 0.717) is 6.42 Å². The van der Waals surface area contributed by atoms with Crippen molar-refractivity contribution in [3.05, 3.63) is 0 Å². The van der Waals surface area contributed by atoms with Crippen molar-refractivity contribution in [1.29, 1.82) is 0 Å². The Hall–Kier alpha value is -0.620. The Bertz CT molecular complexity index is 392. The molecule has 0 aromatic rings. The predicted octanol–water partition coefficient (Wildman–Crippen LogP) is 0.664. The quantitative estimate of drug-likeness (QED) is 0.778. The lowest BCUT2D eigenvalue weighted by molar-refractivity contribution is -0.140. The topological polar surface area (TPSA) is 74.7 Å². The van der Waals surface area contributed by atoms with Crippen molar-refractivity contribution in [2.45, 2.75) is 44.2 Å². The summed E-state index contributed by atoms with van der Waals surface area (Å²) in [4.78, 5) is 11.1. The third-order valence-corrected chi connectivity index (χ3v) is 4.99. The summed E-state index contributed by atoms with van der Waals surface area (Å²) in [5.41, 5.74) is 0. The number of aliphatic carboxylic acids is 1. The van der Waals surface area contributed by atoms with E-state index >= 15 is 0 Å². The molecule has 2 fully saturated rings. The van der Waals surface area contributed by atoms with Crippen LogP contribution in [0.4, 0.5) is 0 Å². The van der Waals surface area contributed by atoms with E-state index in [9.17, 15) is 13.2 Å². The zero-order valence-electron chi connectivity index (χ0n) is 9.30. The number of hydrogen-bond acceptors (Lipinski definition) is 3. The van der Waals surface area contributed by atoms with Crippen molar-refractivity contribution in [3.63, 3.8) is 0 Å². The first-order valence-electron chi connectivity index (χ1n) is 5.62. The van der Waals surface area contributed by atoms with Crippen molar-refractivity contribution in [1.82, 2.24) is 4.31 Å². The lowest BCUT2D eigenvalue weighted by Gasteiger charge is -2.30. The van der Waals surface area contributed by atoms with E-state index in [-0.39, 0.29) is 12.0 Å². The Morgan fingerprint density at radius 3 is 2.50 bits per heavy atom. The molecule has 3 atom stereocenters. The fourth-order valence-electron chi connectivity index (χ4n) is 3.11. The van der Waals surface area contributed by atoms with Crippen LogP contribution in [0, 0.1) is 5.92 Å². The van der Waals surface area contributed by atoms with Crippen LogP contribution in [-0.4, -0.2) is 42.1 Å². The highest BCUT2D eigenvalue weighted by Crippen LogP contribution is 2.40. The first-order chi connectivity index (χ1) is 7.41. The SMILES string of the molecule is CS(=O)(=O)N1[C@@H]2CCCC[C@@H]2C[C@H]1C(=O)O. The Morgan fingerprint density at radius 2 is 1.94 bits per heavy atom. The fourth-order valence-corrected chi connectivity index (χ4v) is 4.51. The largest absolute Gasteiger partial charge is 0.480 e. The van der Waals surface area contributed by atoms with Crippen LogP contribution in [-0.2, 0) is 14.8 Å². The second-order valence-electron chi connectivity index (χ2n) is 4.79. The fraction of sp³-hybridized carbons (Fsp3) is 0.900. The van der Waals surface area contributed by atoms with Crippen molar-refractivity contribution in [2.24, 2.45) is 5.92 Å². The highest BCUT2D eigenvalue weighted by molar-refractivity contribution is 7.88. The molecule has 0 radical (unpaired) electrons. The first kappa shape index (κ1) is 11.9. The zero-order chi connectivity index (χ0) is 11.9. The van der Waals surface area contributed by atoms with Crippen LogP contribution in [0.3, 0.4) is 0 Å². The number of nitrogens with zero attached hydrogens (tertiary/aromatic N) is 1. The molecule has 0 aromatic carbocycles. The molecule has 5 nitrogen and oxygen atoms in total. The highest BCUT2D eigenvalue weighted by atomic mass is 32.2. The summed E-state index contributed by atoms with van der Waals surface area (Å²) in [7, 11) is -3.41. The van der Waals surface area contributed by atoms with E-state index in [4.69, 9.17) is 5.11 Å². The van der Waals surface area contributed by atoms with Crippen molar-refractivity contribution in [2.75, 3.05) is 6.26 Å². The molecule has 92 valence electrons. The predicted molar refractivity (Wildman–Crippen MR) is 58.5 cm³/mol.